The third-order valence-electron chi connectivity index (χ3n) is 4.36. The molecule has 0 aliphatic carbocycles. The summed E-state index contributed by atoms with van der Waals surface area (Å²) in [7, 11) is 0. The van der Waals surface area contributed by atoms with Crippen molar-refractivity contribution in [2.24, 2.45) is 0 Å². The first-order valence-corrected chi connectivity index (χ1v) is 9.06. The molecule has 1 saturated heterocycles. The normalized spacial score (nSPS) is 18.9. The number of aryl methyl sites for hydroxylation is 1. The minimum Gasteiger partial charge on any atom is -0.491 e. The van der Waals surface area contributed by atoms with Crippen LogP contribution in [0, 0.1) is 0 Å². The molecule has 2 aliphatic heterocycles. The van der Waals surface area contributed by atoms with Crippen LogP contribution in [-0.2, 0) is 13.0 Å². The van der Waals surface area contributed by atoms with E-state index in [-0.39, 0.29) is 5.56 Å². The Hall–Kier alpha value is -0.850. The summed E-state index contributed by atoms with van der Waals surface area (Å²) >= 11 is 5.03. The average molecular weight is 369 g/mol. The van der Waals surface area contributed by atoms with Crippen molar-refractivity contribution in [3.8, 4) is 5.75 Å². The molecule has 2 aromatic rings. The number of rotatable bonds is 2. The van der Waals surface area contributed by atoms with Crippen molar-refractivity contribution < 1.29 is 4.74 Å². The number of aromatic nitrogens is 1. The molecule has 1 fully saturated rings. The van der Waals surface area contributed by atoms with E-state index in [4.69, 9.17) is 4.74 Å². The van der Waals surface area contributed by atoms with Crippen molar-refractivity contribution in [3.05, 3.63) is 25.4 Å². The fourth-order valence-electron chi connectivity index (χ4n) is 3.37. The predicted molar refractivity (Wildman–Crippen MR) is 88.5 cm³/mol. The molecule has 4 rings (SSSR count). The van der Waals surface area contributed by atoms with Crippen LogP contribution in [0.4, 0.5) is 0 Å². The molecule has 0 radical (unpaired) electrons. The topological polar surface area (TPSA) is 45.3 Å². The Bertz CT molecular complexity index is 746. The Morgan fingerprint density at radius 1 is 1.29 bits per heavy atom. The van der Waals surface area contributed by atoms with Gasteiger partial charge in [-0.3, -0.25) is 9.69 Å². The highest BCUT2D eigenvalue weighted by atomic mass is 79.9. The fraction of sp³-hybridized carbons (Fsp3) is 0.533. The fourth-order valence-corrected chi connectivity index (χ4v) is 5.06. The zero-order valence-electron chi connectivity index (χ0n) is 11.7. The summed E-state index contributed by atoms with van der Waals surface area (Å²) in [6.45, 7) is 3.84. The average Bonchev–Trinajstić information content (AvgIpc) is 3.00. The second kappa shape index (κ2) is 5.41. The first-order chi connectivity index (χ1) is 10.2. The summed E-state index contributed by atoms with van der Waals surface area (Å²) in [5, 5.41) is 1.04. The molecule has 0 aromatic carbocycles. The summed E-state index contributed by atoms with van der Waals surface area (Å²) in [5.41, 5.74) is 2.39. The van der Waals surface area contributed by atoms with Crippen molar-refractivity contribution in [2.45, 2.75) is 32.2 Å². The molecule has 21 heavy (non-hydrogen) atoms. The van der Waals surface area contributed by atoms with Crippen molar-refractivity contribution in [1.82, 2.24) is 9.88 Å². The maximum absolute atomic E-state index is 12.4. The van der Waals surface area contributed by atoms with Crippen LogP contribution in [0.2, 0.25) is 0 Å². The minimum absolute atomic E-state index is 0.0189. The Kier molecular flexibility index (Phi) is 3.55. The van der Waals surface area contributed by atoms with Gasteiger partial charge in [0.1, 0.15) is 8.49 Å². The molecule has 4 nitrogen and oxygen atoms in total. The molecule has 0 atom stereocenters. The van der Waals surface area contributed by atoms with Crippen LogP contribution in [0.5, 0.6) is 5.75 Å². The van der Waals surface area contributed by atoms with E-state index < -0.39 is 0 Å². The third kappa shape index (κ3) is 2.33. The first-order valence-electron chi connectivity index (χ1n) is 7.45. The molecule has 1 N–H and O–H groups in total. The molecule has 6 heteroatoms. The van der Waals surface area contributed by atoms with Gasteiger partial charge >= 0.3 is 0 Å². The van der Waals surface area contributed by atoms with Gasteiger partial charge in [-0.15, -0.1) is 11.3 Å². The van der Waals surface area contributed by atoms with Gasteiger partial charge in [0.15, 0.2) is 5.75 Å². The van der Waals surface area contributed by atoms with Gasteiger partial charge in [-0.05, 0) is 60.3 Å². The lowest BCUT2D eigenvalue weighted by Gasteiger charge is -2.17. The van der Waals surface area contributed by atoms with Crippen molar-refractivity contribution in [1.29, 1.82) is 0 Å². The van der Waals surface area contributed by atoms with Crippen molar-refractivity contribution >= 4 is 37.4 Å². The molecule has 0 bridgehead atoms. The van der Waals surface area contributed by atoms with Crippen LogP contribution in [0.3, 0.4) is 0 Å². The highest BCUT2D eigenvalue weighted by Gasteiger charge is 2.24. The zero-order valence-corrected chi connectivity index (χ0v) is 14.1. The van der Waals surface area contributed by atoms with E-state index in [1.807, 2.05) is 0 Å². The van der Waals surface area contributed by atoms with Gasteiger partial charge in [-0.2, -0.15) is 0 Å². The summed E-state index contributed by atoms with van der Waals surface area (Å²) in [5.74, 6) is 0.872. The number of hydrogen-bond acceptors (Lipinski definition) is 4. The van der Waals surface area contributed by atoms with Gasteiger partial charge in [0.25, 0.3) is 5.56 Å². The lowest BCUT2D eigenvalue weighted by molar-refractivity contribution is 0.317. The summed E-state index contributed by atoms with van der Waals surface area (Å²) < 4.78 is 7.59. The molecule has 0 unspecified atom stereocenters. The van der Waals surface area contributed by atoms with Gasteiger partial charge in [-0.25, -0.2) is 0 Å². The second-order valence-corrected chi connectivity index (χ2v) is 8.09. The van der Waals surface area contributed by atoms with Crippen LogP contribution in [-0.4, -0.2) is 29.6 Å². The molecule has 4 heterocycles. The van der Waals surface area contributed by atoms with Gasteiger partial charge in [0.05, 0.1) is 6.61 Å². The smallest absolute Gasteiger partial charge is 0.266 e. The molecule has 0 amide bonds. The molecule has 0 saturated carbocycles. The summed E-state index contributed by atoms with van der Waals surface area (Å²) in [4.78, 5) is 18.0. The number of pyridine rings is 1. The number of aromatic amines is 1. The van der Waals surface area contributed by atoms with Crippen LogP contribution in [0.15, 0.2) is 8.58 Å². The number of ether oxygens (including phenoxy) is 1. The number of nitrogens with zero attached hydrogens (tertiary/aromatic N) is 1. The van der Waals surface area contributed by atoms with E-state index in [1.165, 1.54) is 29.7 Å². The van der Waals surface area contributed by atoms with E-state index in [1.54, 1.807) is 0 Å². The SMILES string of the molecule is O=c1[nH]c(CN2CCCC2)c2c3c(c(Br)sc13)OCCC2. The monoisotopic (exact) mass is 368 g/mol. The molecule has 112 valence electrons. The van der Waals surface area contributed by atoms with E-state index in [9.17, 15) is 4.79 Å². The zero-order chi connectivity index (χ0) is 14.4. The maximum Gasteiger partial charge on any atom is 0.266 e. The number of H-pyrrole nitrogens is 1. The lowest BCUT2D eigenvalue weighted by Crippen LogP contribution is -2.22. The highest BCUT2D eigenvalue weighted by molar-refractivity contribution is 9.11. The number of thiophene rings is 1. The number of halogens is 1. The largest absolute Gasteiger partial charge is 0.491 e. The molecular weight excluding hydrogens is 352 g/mol. The highest BCUT2D eigenvalue weighted by Crippen LogP contribution is 2.44. The van der Waals surface area contributed by atoms with Gasteiger partial charge < -0.3 is 9.72 Å². The van der Waals surface area contributed by atoms with Crippen molar-refractivity contribution in [3.63, 3.8) is 0 Å². The Labute approximate surface area is 135 Å². The standard InChI is InChI=1S/C15H17BrN2O2S/c16-14-12-11-9(4-3-7-20-12)10(8-18-5-1-2-6-18)17-15(19)13(11)21-14/h1-8H2,(H,17,19). The molecule has 0 spiro atoms. The van der Waals surface area contributed by atoms with Gasteiger partial charge in [0, 0.05) is 17.6 Å². The quantitative estimate of drug-likeness (QED) is 0.884. The summed E-state index contributed by atoms with van der Waals surface area (Å²) in [6, 6.07) is 0. The van der Waals surface area contributed by atoms with Crippen molar-refractivity contribution in [2.75, 3.05) is 19.7 Å². The van der Waals surface area contributed by atoms with Crippen LogP contribution in [0.1, 0.15) is 30.5 Å². The van der Waals surface area contributed by atoms with Crippen LogP contribution >= 0.6 is 27.3 Å². The third-order valence-corrected chi connectivity index (χ3v) is 6.16. The second-order valence-electron chi connectivity index (χ2n) is 5.76. The number of likely N-dealkylation sites (tertiary alicyclic amines) is 1. The number of nitrogens with one attached hydrogen (secondary N) is 1. The van der Waals surface area contributed by atoms with Gasteiger partial charge in [-0.1, -0.05) is 0 Å². The van der Waals surface area contributed by atoms with E-state index in [2.05, 4.69) is 25.8 Å². The van der Waals surface area contributed by atoms with Crippen LogP contribution in [0.25, 0.3) is 10.1 Å². The molecule has 2 aliphatic rings. The van der Waals surface area contributed by atoms with Gasteiger partial charge in [0.2, 0.25) is 0 Å². The summed E-state index contributed by atoms with van der Waals surface area (Å²) in [6.07, 6.45) is 4.51. The molecular formula is C15H17BrN2O2S. The maximum atomic E-state index is 12.4. The van der Waals surface area contributed by atoms with E-state index in [0.717, 1.165) is 64.4 Å². The first kappa shape index (κ1) is 13.8. The van der Waals surface area contributed by atoms with E-state index in [0.29, 0.717) is 0 Å². The number of hydrogen-bond donors (Lipinski definition) is 1. The lowest BCUT2D eigenvalue weighted by atomic mass is 10.0. The van der Waals surface area contributed by atoms with Crippen LogP contribution < -0.4 is 10.3 Å². The van der Waals surface area contributed by atoms with E-state index >= 15 is 0 Å². The Balaban J connectivity index is 1.90. The minimum atomic E-state index is 0.0189. The Morgan fingerprint density at radius 3 is 2.90 bits per heavy atom. The molecule has 2 aromatic heterocycles. The Morgan fingerprint density at radius 2 is 2.10 bits per heavy atom. The predicted octanol–water partition coefficient (Wildman–Crippen LogP) is 3.27.